The molecule has 1 N–H and O–H groups in total. The maximum absolute atomic E-state index is 12.4. The maximum Gasteiger partial charge on any atom is 0.287 e. The highest BCUT2D eigenvalue weighted by Crippen LogP contribution is 2.40. The van der Waals surface area contributed by atoms with Gasteiger partial charge in [0.25, 0.3) is 5.91 Å². The van der Waals surface area contributed by atoms with E-state index >= 15 is 0 Å². The van der Waals surface area contributed by atoms with Crippen LogP contribution in [0.5, 0.6) is 17.2 Å². The lowest BCUT2D eigenvalue weighted by Gasteiger charge is -2.35. The molecule has 1 fully saturated rings. The van der Waals surface area contributed by atoms with Crippen LogP contribution in [-0.4, -0.2) is 75.7 Å². The summed E-state index contributed by atoms with van der Waals surface area (Å²) in [5.74, 6) is 1.52. The van der Waals surface area contributed by atoms with Crippen LogP contribution in [0.4, 0.5) is 0 Å². The standard InChI is InChI=1S/C21H27N3O6/c1-27-16-7-6-15(19(28-2)20(16)29-3)14-23-8-10-24(11-9-23)18(25)13-22-21(26)17-5-4-12-30-17/h4-7,12H,8-11,13-14H2,1-3H3,(H,22,26). The minimum absolute atomic E-state index is 0.0525. The fourth-order valence-electron chi connectivity index (χ4n) is 3.45. The Bertz CT molecular complexity index is 860. The Labute approximate surface area is 175 Å². The minimum Gasteiger partial charge on any atom is -0.493 e. The molecular weight excluding hydrogens is 390 g/mol. The van der Waals surface area contributed by atoms with Crippen molar-refractivity contribution in [1.82, 2.24) is 15.1 Å². The Morgan fingerprint density at radius 1 is 1.00 bits per heavy atom. The molecule has 9 heteroatoms. The van der Waals surface area contributed by atoms with E-state index in [1.165, 1.54) is 6.26 Å². The van der Waals surface area contributed by atoms with Gasteiger partial charge in [0.05, 0.1) is 34.1 Å². The molecule has 2 amide bonds. The van der Waals surface area contributed by atoms with Gasteiger partial charge in [0.2, 0.25) is 11.7 Å². The van der Waals surface area contributed by atoms with E-state index in [9.17, 15) is 9.59 Å². The van der Waals surface area contributed by atoms with Crippen molar-refractivity contribution >= 4 is 11.8 Å². The Kier molecular flexibility index (Phi) is 7.18. The zero-order chi connectivity index (χ0) is 21.5. The van der Waals surface area contributed by atoms with E-state index < -0.39 is 5.91 Å². The number of furan rings is 1. The quantitative estimate of drug-likeness (QED) is 0.694. The van der Waals surface area contributed by atoms with E-state index in [1.807, 2.05) is 12.1 Å². The molecule has 1 aliphatic heterocycles. The number of hydrogen-bond donors (Lipinski definition) is 1. The second-order valence-electron chi connectivity index (χ2n) is 6.81. The fraction of sp³-hybridized carbons (Fsp3) is 0.429. The third kappa shape index (κ3) is 4.85. The summed E-state index contributed by atoms with van der Waals surface area (Å²) in [7, 11) is 4.78. The lowest BCUT2D eigenvalue weighted by molar-refractivity contribution is -0.131. The maximum atomic E-state index is 12.4. The first kappa shape index (κ1) is 21.5. The SMILES string of the molecule is COc1ccc(CN2CCN(C(=O)CNC(=O)c3ccco3)CC2)c(OC)c1OC. The lowest BCUT2D eigenvalue weighted by atomic mass is 10.1. The van der Waals surface area contributed by atoms with Crippen molar-refractivity contribution in [1.29, 1.82) is 0 Å². The molecule has 3 rings (SSSR count). The van der Waals surface area contributed by atoms with Crippen LogP contribution in [0.3, 0.4) is 0 Å². The van der Waals surface area contributed by atoms with Crippen molar-refractivity contribution in [3.8, 4) is 17.2 Å². The van der Waals surface area contributed by atoms with Gasteiger partial charge in [-0.1, -0.05) is 6.07 Å². The molecule has 2 aromatic rings. The van der Waals surface area contributed by atoms with E-state index in [4.69, 9.17) is 18.6 Å². The molecule has 0 spiro atoms. The van der Waals surface area contributed by atoms with Crippen LogP contribution in [0.1, 0.15) is 16.1 Å². The Morgan fingerprint density at radius 3 is 2.33 bits per heavy atom. The van der Waals surface area contributed by atoms with Crippen molar-refractivity contribution < 1.29 is 28.2 Å². The highest BCUT2D eigenvalue weighted by molar-refractivity contribution is 5.94. The summed E-state index contributed by atoms with van der Waals surface area (Å²) >= 11 is 0. The summed E-state index contributed by atoms with van der Waals surface area (Å²) in [6, 6.07) is 7.00. The largest absolute Gasteiger partial charge is 0.493 e. The van der Waals surface area contributed by atoms with E-state index in [0.717, 1.165) is 18.7 Å². The first-order chi connectivity index (χ1) is 14.6. The fourth-order valence-corrected chi connectivity index (χ4v) is 3.45. The number of rotatable bonds is 8. The summed E-state index contributed by atoms with van der Waals surface area (Å²) in [5, 5.41) is 2.59. The number of carbonyl (C=O) groups excluding carboxylic acids is 2. The van der Waals surface area contributed by atoms with Crippen molar-refractivity contribution in [2.75, 3.05) is 54.1 Å². The van der Waals surface area contributed by atoms with E-state index in [1.54, 1.807) is 38.4 Å². The number of nitrogens with zero attached hydrogens (tertiary/aromatic N) is 2. The van der Waals surface area contributed by atoms with E-state index in [2.05, 4.69) is 10.2 Å². The Hall–Kier alpha value is -3.20. The number of piperazine rings is 1. The third-order valence-electron chi connectivity index (χ3n) is 5.05. The second-order valence-corrected chi connectivity index (χ2v) is 6.81. The monoisotopic (exact) mass is 417 g/mol. The number of methoxy groups -OCH3 is 3. The van der Waals surface area contributed by atoms with Gasteiger partial charge in [-0.25, -0.2) is 0 Å². The molecule has 1 aromatic heterocycles. The summed E-state index contributed by atoms with van der Waals surface area (Å²) in [4.78, 5) is 28.3. The van der Waals surface area contributed by atoms with E-state index in [0.29, 0.717) is 36.9 Å². The first-order valence-corrected chi connectivity index (χ1v) is 9.67. The van der Waals surface area contributed by atoms with Gasteiger partial charge in [0.15, 0.2) is 17.3 Å². The Balaban J connectivity index is 1.52. The highest BCUT2D eigenvalue weighted by atomic mass is 16.5. The number of ether oxygens (including phenoxy) is 3. The van der Waals surface area contributed by atoms with Crippen LogP contribution in [0.15, 0.2) is 34.9 Å². The lowest BCUT2D eigenvalue weighted by Crippen LogP contribution is -2.50. The van der Waals surface area contributed by atoms with Crippen LogP contribution in [0.2, 0.25) is 0 Å². The summed E-state index contributed by atoms with van der Waals surface area (Å²) in [5.41, 5.74) is 0.987. The predicted molar refractivity (Wildman–Crippen MR) is 109 cm³/mol. The molecule has 2 heterocycles. The topological polar surface area (TPSA) is 93.5 Å². The highest BCUT2D eigenvalue weighted by Gasteiger charge is 2.24. The second kappa shape index (κ2) is 10.0. The number of benzene rings is 1. The average Bonchev–Trinajstić information content (AvgIpc) is 3.32. The van der Waals surface area contributed by atoms with Crippen LogP contribution in [0.25, 0.3) is 0 Å². The normalized spacial score (nSPS) is 14.3. The smallest absolute Gasteiger partial charge is 0.287 e. The number of carbonyl (C=O) groups is 2. The molecule has 30 heavy (non-hydrogen) atoms. The molecule has 162 valence electrons. The van der Waals surface area contributed by atoms with Gasteiger partial charge in [-0.2, -0.15) is 0 Å². The van der Waals surface area contributed by atoms with Crippen molar-refractivity contribution in [3.05, 3.63) is 41.9 Å². The van der Waals surface area contributed by atoms with Crippen molar-refractivity contribution in [2.24, 2.45) is 0 Å². The van der Waals surface area contributed by atoms with Crippen LogP contribution in [0, 0.1) is 0 Å². The number of nitrogens with one attached hydrogen (secondary N) is 1. The number of amides is 2. The molecule has 0 saturated carbocycles. The molecule has 1 saturated heterocycles. The molecule has 9 nitrogen and oxygen atoms in total. The van der Waals surface area contributed by atoms with Gasteiger partial charge in [-0.15, -0.1) is 0 Å². The molecule has 0 unspecified atom stereocenters. The van der Waals surface area contributed by atoms with E-state index in [-0.39, 0.29) is 18.2 Å². The predicted octanol–water partition coefficient (Wildman–Crippen LogP) is 1.38. The first-order valence-electron chi connectivity index (χ1n) is 9.67. The summed E-state index contributed by atoms with van der Waals surface area (Å²) < 4.78 is 21.4. The van der Waals surface area contributed by atoms with Crippen LogP contribution in [-0.2, 0) is 11.3 Å². The van der Waals surface area contributed by atoms with Gasteiger partial charge in [-0.3, -0.25) is 14.5 Å². The molecule has 1 aliphatic rings. The van der Waals surface area contributed by atoms with Gasteiger partial charge < -0.3 is 28.8 Å². The molecule has 0 aliphatic carbocycles. The molecular formula is C21H27N3O6. The zero-order valence-corrected chi connectivity index (χ0v) is 17.5. The third-order valence-corrected chi connectivity index (χ3v) is 5.05. The van der Waals surface area contributed by atoms with Crippen LogP contribution >= 0.6 is 0 Å². The van der Waals surface area contributed by atoms with Crippen LogP contribution < -0.4 is 19.5 Å². The average molecular weight is 417 g/mol. The zero-order valence-electron chi connectivity index (χ0n) is 17.5. The van der Waals surface area contributed by atoms with Gasteiger partial charge in [0.1, 0.15) is 0 Å². The molecule has 0 atom stereocenters. The molecule has 0 bridgehead atoms. The summed E-state index contributed by atoms with van der Waals surface area (Å²) in [6.45, 7) is 3.23. The van der Waals surface area contributed by atoms with Crippen molar-refractivity contribution in [2.45, 2.75) is 6.54 Å². The summed E-state index contributed by atoms with van der Waals surface area (Å²) in [6.07, 6.45) is 1.42. The van der Waals surface area contributed by atoms with Gasteiger partial charge in [0, 0.05) is 38.3 Å². The Morgan fingerprint density at radius 2 is 1.73 bits per heavy atom. The van der Waals surface area contributed by atoms with Crippen molar-refractivity contribution in [3.63, 3.8) is 0 Å². The molecule has 0 radical (unpaired) electrons. The van der Waals surface area contributed by atoms with Gasteiger partial charge >= 0.3 is 0 Å². The number of hydrogen-bond acceptors (Lipinski definition) is 7. The molecule has 1 aromatic carbocycles. The minimum atomic E-state index is -0.396. The van der Waals surface area contributed by atoms with Gasteiger partial charge in [-0.05, 0) is 18.2 Å².